The van der Waals surface area contributed by atoms with Gasteiger partial charge in [-0.1, -0.05) is 24.3 Å². The van der Waals surface area contributed by atoms with E-state index in [1.165, 1.54) is 22.7 Å². The number of nitrogens with one attached hydrogen (secondary N) is 1. The van der Waals surface area contributed by atoms with Crippen molar-refractivity contribution in [3.05, 3.63) is 62.6 Å². The minimum Gasteiger partial charge on any atom is -0.349 e. The van der Waals surface area contributed by atoms with Gasteiger partial charge in [0.1, 0.15) is 0 Å². The van der Waals surface area contributed by atoms with E-state index in [-0.39, 0.29) is 17.5 Å². The predicted octanol–water partition coefficient (Wildman–Crippen LogP) is 1.41. The molecule has 3 aromatic rings. The Labute approximate surface area is 167 Å². The third-order valence-corrected chi connectivity index (χ3v) is 5.72. The summed E-state index contributed by atoms with van der Waals surface area (Å²) in [6.45, 7) is 0.485. The van der Waals surface area contributed by atoms with Crippen LogP contribution in [0.25, 0.3) is 11.2 Å². The lowest BCUT2D eigenvalue weighted by atomic mass is 9.87. The van der Waals surface area contributed by atoms with E-state index in [0.29, 0.717) is 30.6 Å². The summed E-state index contributed by atoms with van der Waals surface area (Å²) in [7, 11) is 3.05. The first-order valence-corrected chi connectivity index (χ1v) is 9.95. The maximum atomic E-state index is 12.5. The van der Waals surface area contributed by atoms with Gasteiger partial charge in [0.25, 0.3) is 5.56 Å². The average molecular weight is 395 g/mol. The van der Waals surface area contributed by atoms with Crippen molar-refractivity contribution in [1.29, 1.82) is 0 Å². The Balaban J connectivity index is 1.42. The number of carbonyl (C=O) groups excluding carboxylic acids is 1. The molecule has 8 nitrogen and oxygen atoms in total. The summed E-state index contributed by atoms with van der Waals surface area (Å²) in [5, 5.41) is 3.15. The number of aryl methyl sites for hydroxylation is 3. The number of carbonyl (C=O) groups is 1. The van der Waals surface area contributed by atoms with Crippen molar-refractivity contribution in [3.8, 4) is 0 Å². The molecule has 1 aliphatic rings. The van der Waals surface area contributed by atoms with Crippen molar-refractivity contribution in [1.82, 2.24) is 24.0 Å². The molecule has 29 heavy (non-hydrogen) atoms. The number of hydrogen-bond donors (Lipinski definition) is 1. The van der Waals surface area contributed by atoms with Gasteiger partial charge in [-0.15, -0.1) is 0 Å². The first-order valence-electron chi connectivity index (χ1n) is 9.95. The van der Waals surface area contributed by atoms with E-state index in [0.717, 1.165) is 23.8 Å². The van der Waals surface area contributed by atoms with E-state index in [9.17, 15) is 14.4 Å². The molecule has 0 aliphatic heterocycles. The molecule has 0 bridgehead atoms. The van der Waals surface area contributed by atoms with Gasteiger partial charge in [-0.05, 0) is 36.8 Å². The summed E-state index contributed by atoms with van der Waals surface area (Å²) < 4.78 is 4.16. The topological polar surface area (TPSA) is 90.9 Å². The molecule has 1 amide bonds. The molecule has 0 radical (unpaired) electrons. The lowest BCUT2D eigenvalue weighted by molar-refractivity contribution is -0.122. The zero-order chi connectivity index (χ0) is 20.5. The third kappa shape index (κ3) is 3.50. The van der Waals surface area contributed by atoms with Crippen molar-refractivity contribution in [3.63, 3.8) is 0 Å². The number of nitrogens with zero attached hydrogens (tertiary/aromatic N) is 4. The van der Waals surface area contributed by atoms with Crippen LogP contribution in [0.4, 0.5) is 0 Å². The van der Waals surface area contributed by atoms with E-state index in [2.05, 4.69) is 22.4 Å². The van der Waals surface area contributed by atoms with Crippen LogP contribution >= 0.6 is 0 Å². The number of aromatic nitrogens is 4. The summed E-state index contributed by atoms with van der Waals surface area (Å²) in [5.41, 5.74) is 2.51. The maximum Gasteiger partial charge on any atom is 0.332 e. The predicted molar refractivity (Wildman–Crippen MR) is 110 cm³/mol. The van der Waals surface area contributed by atoms with E-state index >= 15 is 0 Å². The van der Waals surface area contributed by atoms with E-state index in [1.54, 1.807) is 17.9 Å². The fourth-order valence-electron chi connectivity index (χ4n) is 4.15. The van der Waals surface area contributed by atoms with Gasteiger partial charge in [-0.3, -0.25) is 18.7 Å². The van der Waals surface area contributed by atoms with Gasteiger partial charge in [0.05, 0.1) is 12.4 Å². The smallest absolute Gasteiger partial charge is 0.332 e. The minimum absolute atomic E-state index is 0.0106. The van der Waals surface area contributed by atoms with Crippen molar-refractivity contribution < 1.29 is 4.79 Å². The highest BCUT2D eigenvalue weighted by Crippen LogP contribution is 2.29. The SMILES string of the molecule is Cn1c(=O)c2c(ncn2CCCC(=O)N[C@H]2CCCc3ccccc32)n(C)c1=O. The van der Waals surface area contributed by atoms with Crippen LogP contribution in [-0.4, -0.2) is 24.6 Å². The van der Waals surface area contributed by atoms with Crippen LogP contribution in [0.15, 0.2) is 40.2 Å². The van der Waals surface area contributed by atoms with Gasteiger partial charge < -0.3 is 9.88 Å². The van der Waals surface area contributed by atoms with E-state index in [1.807, 2.05) is 12.1 Å². The molecular weight excluding hydrogens is 370 g/mol. The molecule has 4 rings (SSSR count). The second-order valence-corrected chi connectivity index (χ2v) is 7.63. The molecule has 152 valence electrons. The molecule has 0 spiro atoms. The Morgan fingerprint density at radius 3 is 2.83 bits per heavy atom. The van der Waals surface area contributed by atoms with Crippen molar-refractivity contribution >= 4 is 17.1 Å². The number of imidazole rings is 1. The summed E-state index contributed by atoms with van der Waals surface area (Å²) in [6, 6.07) is 8.35. The quantitative estimate of drug-likeness (QED) is 0.707. The Morgan fingerprint density at radius 1 is 1.21 bits per heavy atom. The second kappa shape index (κ2) is 7.69. The number of benzene rings is 1. The molecule has 1 aromatic carbocycles. The van der Waals surface area contributed by atoms with Crippen LogP contribution in [0.2, 0.25) is 0 Å². The molecule has 1 aliphatic carbocycles. The standard InChI is InChI=1S/C21H25N5O3/c1-24-19-18(20(28)25(2)21(24)29)26(13-22-19)12-6-11-17(27)23-16-10-5-8-14-7-3-4-9-15(14)16/h3-4,7,9,13,16H,5-6,8,10-12H2,1-2H3,(H,23,27)/t16-/m0/s1. The summed E-state index contributed by atoms with van der Waals surface area (Å²) >= 11 is 0. The molecule has 0 saturated carbocycles. The Bertz CT molecular complexity index is 1190. The van der Waals surface area contributed by atoms with Gasteiger partial charge >= 0.3 is 5.69 Å². The summed E-state index contributed by atoms with van der Waals surface area (Å²) in [6.07, 6.45) is 5.60. The molecule has 2 heterocycles. The molecule has 2 aromatic heterocycles. The highest BCUT2D eigenvalue weighted by Gasteiger charge is 2.21. The van der Waals surface area contributed by atoms with Gasteiger partial charge in [0.2, 0.25) is 5.91 Å². The largest absolute Gasteiger partial charge is 0.349 e. The second-order valence-electron chi connectivity index (χ2n) is 7.63. The summed E-state index contributed by atoms with van der Waals surface area (Å²) in [4.78, 5) is 41.2. The molecule has 0 fully saturated rings. The van der Waals surface area contributed by atoms with Crippen molar-refractivity contribution in [2.24, 2.45) is 14.1 Å². The Morgan fingerprint density at radius 2 is 2.00 bits per heavy atom. The molecular formula is C21H25N5O3. The van der Waals surface area contributed by atoms with Gasteiger partial charge in [0, 0.05) is 27.1 Å². The minimum atomic E-state index is -0.403. The van der Waals surface area contributed by atoms with Crippen LogP contribution in [-0.2, 0) is 31.9 Å². The van der Waals surface area contributed by atoms with Gasteiger partial charge in [0.15, 0.2) is 11.2 Å². The van der Waals surface area contributed by atoms with Gasteiger partial charge in [-0.25, -0.2) is 9.78 Å². The van der Waals surface area contributed by atoms with Crippen molar-refractivity contribution in [2.45, 2.75) is 44.7 Å². The van der Waals surface area contributed by atoms with Crippen LogP contribution in [0.1, 0.15) is 42.9 Å². The normalized spacial score (nSPS) is 16.0. The highest BCUT2D eigenvalue weighted by atomic mass is 16.2. The average Bonchev–Trinajstić information content (AvgIpc) is 3.15. The zero-order valence-corrected chi connectivity index (χ0v) is 16.7. The molecule has 1 atom stereocenters. The molecule has 0 saturated heterocycles. The van der Waals surface area contributed by atoms with Gasteiger partial charge in [-0.2, -0.15) is 0 Å². The fourth-order valence-corrected chi connectivity index (χ4v) is 4.15. The van der Waals surface area contributed by atoms with Crippen molar-refractivity contribution in [2.75, 3.05) is 0 Å². The number of hydrogen-bond acceptors (Lipinski definition) is 4. The number of rotatable bonds is 5. The lowest BCUT2D eigenvalue weighted by Gasteiger charge is -2.26. The Hall–Kier alpha value is -3.16. The molecule has 0 unspecified atom stereocenters. The van der Waals surface area contributed by atoms with E-state index in [4.69, 9.17) is 0 Å². The molecule has 1 N–H and O–H groups in total. The van der Waals surface area contributed by atoms with Crippen LogP contribution in [0.3, 0.4) is 0 Å². The van der Waals surface area contributed by atoms with E-state index < -0.39 is 5.69 Å². The number of amides is 1. The summed E-state index contributed by atoms with van der Waals surface area (Å²) in [5.74, 6) is 0.0106. The maximum absolute atomic E-state index is 12.5. The molecule has 8 heteroatoms. The monoisotopic (exact) mass is 395 g/mol. The lowest BCUT2D eigenvalue weighted by Crippen LogP contribution is -2.37. The van der Waals surface area contributed by atoms with Crippen LogP contribution in [0.5, 0.6) is 0 Å². The highest BCUT2D eigenvalue weighted by molar-refractivity contribution is 5.76. The van der Waals surface area contributed by atoms with Crippen LogP contribution in [0, 0.1) is 0 Å². The number of fused-ring (bicyclic) bond motifs is 2. The first kappa shape index (κ1) is 19.2. The fraction of sp³-hybridized carbons (Fsp3) is 0.429. The first-order chi connectivity index (χ1) is 14.0. The Kier molecular flexibility index (Phi) is 5.08. The zero-order valence-electron chi connectivity index (χ0n) is 16.7. The van der Waals surface area contributed by atoms with Crippen LogP contribution < -0.4 is 16.6 Å². The third-order valence-electron chi connectivity index (χ3n) is 5.72.